The standard InChI is InChI=1S/C15H19ClF2/c1-3-11-14(4-2,15(16,17)18)12-10-13-8-6-5-7-9-13/h3,5-9,11H,4,10,12H2,1-2H3/b11-3+. The Hall–Kier alpha value is -0.890. The van der Waals surface area contributed by atoms with Crippen molar-refractivity contribution in [2.45, 2.75) is 38.5 Å². The maximum absolute atomic E-state index is 13.6. The third-order valence-corrected chi connectivity index (χ3v) is 3.76. The van der Waals surface area contributed by atoms with Crippen LogP contribution in [-0.4, -0.2) is 5.38 Å². The van der Waals surface area contributed by atoms with Gasteiger partial charge in [-0.25, -0.2) is 0 Å². The summed E-state index contributed by atoms with van der Waals surface area (Å²) in [6.45, 7) is 3.50. The number of benzene rings is 1. The quantitative estimate of drug-likeness (QED) is 0.479. The second-order valence-electron chi connectivity index (χ2n) is 4.49. The van der Waals surface area contributed by atoms with Gasteiger partial charge in [0.15, 0.2) is 0 Å². The fraction of sp³-hybridized carbons (Fsp3) is 0.467. The minimum Gasteiger partial charge on any atom is -0.187 e. The van der Waals surface area contributed by atoms with Crippen molar-refractivity contribution in [3.8, 4) is 0 Å². The second kappa shape index (κ2) is 6.33. The van der Waals surface area contributed by atoms with E-state index in [2.05, 4.69) is 0 Å². The molecule has 0 aliphatic rings. The molecule has 0 saturated carbocycles. The molecule has 0 fully saturated rings. The molecule has 0 bridgehead atoms. The highest BCUT2D eigenvalue weighted by atomic mass is 35.5. The highest BCUT2D eigenvalue weighted by molar-refractivity contribution is 6.22. The molecule has 0 saturated heterocycles. The lowest BCUT2D eigenvalue weighted by atomic mass is 9.79. The van der Waals surface area contributed by atoms with Crippen molar-refractivity contribution in [3.63, 3.8) is 0 Å². The third-order valence-electron chi connectivity index (χ3n) is 3.38. The van der Waals surface area contributed by atoms with Crippen LogP contribution >= 0.6 is 11.6 Å². The van der Waals surface area contributed by atoms with Crippen molar-refractivity contribution in [3.05, 3.63) is 48.0 Å². The Bertz CT molecular complexity index is 381. The van der Waals surface area contributed by atoms with Crippen molar-refractivity contribution >= 4 is 11.6 Å². The van der Waals surface area contributed by atoms with E-state index in [1.165, 1.54) is 0 Å². The minimum atomic E-state index is -3.22. The van der Waals surface area contributed by atoms with Crippen LogP contribution in [0.15, 0.2) is 42.5 Å². The van der Waals surface area contributed by atoms with Crippen LogP contribution in [0.5, 0.6) is 0 Å². The summed E-state index contributed by atoms with van der Waals surface area (Å²) in [7, 11) is 0. The topological polar surface area (TPSA) is 0 Å². The molecule has 1 rings (SSSR count). The van der Waals surface area contributed by atoms with Gasteiger partial charge in [-0.1, -0.05) is 49.4 Å². The Morgan fingerprint density at radius 1 is 1.22 bits per heavy atom. The summed E-state index contributed by atoms with van der Waals surface area (Å²) in [5, 5.41) is -3.22. The number of hydrogen-bond donors (Lipinski definition) is 0. The normalized spacial score (nSPS) is 15.8. The molecule has 0 N–H and O–H groups in total. The van der Waals surface area contributed by atoms with E-state index in [-0.39, 0.29) is 0 Å². The molecule has 100 valence electrons. The van der Waals surface area contributed by atoms with Crippen LogP contribution in [0.4, 0.5) is 8.78 Å². The van der Waals surface area contributed by atoms with E-state index >= 15 is 0 Å². The molecule has 0 aliphatic carbocycles. The predicted molar refractivity (Wildman–Crippen MR) is 73.1 cm³/mol. The largest absolute Gasteiger partial charge is 0.330 e. The molecule has 0 radical (unpaired) electrons. The number of hydrogen-bond acceptors (Lipinski definition) is 0. The molecule has 1 aromatic rings. The lowest BCUT2D eigenvalue weighted by molar-refractivity contribution is -0.0252. The highest BCUT2D eigenvalue weighted by Crippen LogP contribution is 2.47. The van der Waals surface area contributed by atoms with Crippen LogP contribution in [0.25, 0.3) is 0 Å². The summed E-state index contributed by atoms with van der Waals surface area (Å²) >= 11 is 5.32. The van der Waals surface area contributed by atoms with Gasteiger partial charge in [0, 0.05) is 0 Å². The van der Waals surface area contributed by atoms with Gasteiger partial charge in [0.05, 0.1) is 5.41 Å². The average Bonchev–Trinajstić information content (AvgIpc) is 2.34. The highest BCUT2D eigenvalue weighted by Gasteiger charge is 2.48. The molecular weight excluding hydrogens is 254 g/mol. The Balaban J connectivity index is 2.86. The average molecular weight is 273 g/mol. The Kier molecular flexibility index (Phi) is 5.33. The van der Waals surface area contributed by atoms with Gasteiger partial charge in [-0.15, -0.1) is 0 Å². The molecule has 0 amide bonds. The SMILES string of the molecule is C/C=C/C(CC)(CCc1ccccc1)C(F)(F)Cl. The first-order valence-electron chi connectivity index (χ1n) is 6.19. The monoisotopic (exact) mass is 272 g/mol. The summed E-state index contributed by atoms with van der Waals surface area (Å²) < 4.78 is 27.3. The molecule has 0 nitrogen and oxygen atoms in total. The maximum Gasteiger partial charge on any atom is 0.330 e. The summed E-state index contributed by atoms with van der Waals surface area (Å²) in [4.78, 5) is 0. The maximum atomic E-state index is 13.6. The number of allylic oxidation sites excluding steroid dienone is 2. The Labute approximate surface area is 113 Å². The van der Waals surface area contributed by atoms with E-state index in [9.17, 15) is 8.78 Å². The van der Waals surface area contributed by atoms with Crippen LogP contribution < -0.4 is 0 Å². The first-order chi connectivity index (χ1) is 8.45. The molecule has 0 spiro atoms. The van der Waals surface area contributed by atoms with E-state index in [0.29, 0.717) is 19.3 Å². The Morgan fingerprint density at radius 3 is 2.28 bits per heavy atom. The first-order valence-corrected chi connectivity index (χ1v) is 6.57. The van der Waals surface area contributed by atoms with Crippen molar-refractivity contribution in [2.75, 3.05) is 0 Å². The second-order valence-corrected chi connectivity index (χ2v) is 4.97. The molecule has 3 heteroatoms. The molecular formula is C15H19ClF2. The number of rotatable bonds is 6. The van der Waals surface area contributed by atoms with Crippen LogP contribution in [0, 0.1) is 5.41 Å². The van der Waals surface area contributed by atoms with Gasteiger partial charge in [0.2, 0.25) is 0 Å². The number of halogens is 3. The van der Waals surface area contributed by atoms with Crippen LogP contribution in [0.1, 0.15) is 32.3 Å². The van der Waals surface area contributed by atoms with Crippen molar-refractivity contribution in [1.82, 2.24) is 0 Å². The fourth-order valence-electron chi connectivity index (χ4n) is 2.15. The van der Waals surface area contributed by atoms with Gasteiger partial charge in [0.1, 0.15) is 0 Å². The summed E-state index contributed by atoms with van der Waals surface area (Å²) in [6, 6.07) is 9.64. The summed E-state index contributed by atoms with van der Waals surface area (Å²) in [5.74, 6) is 0. The van der Waals surface area contributed by atoms with E-state index < -0.39 is 10.8 Å². The van der Waals surface area contributed by atoms with E-state index in [1.54, 1.807) is 26.0 Å². The number of aryl methyl sites for hydroxylation is 1. The van der Waals surface area contributed by atoms with E-state index in [0.717, 1.165) is 5.56 Å². The molecule has 0 heterocycles. The molecule has 1 unspecified atom stereocenters. The van der Waals surface area contributed by atoms with E-state index in [1.807, 2.05) is 30.3 Å². The molecule has 1 aromatic carbocycles. The lowest BCUT2D eigenvalue weighted by Gasteiger charge is -2.33. The summed E-state index contributed by atoms with van der Waals surface area (Å²) in [6.07, 6.45) is 4.46. The van der Waals surface area contributed by atoms with Crippen LogP contribution in [-0.2, 0) is 6.42 Å². The lowest BCUT2D eigenvalue weighted by Crippen LogP contribution is -2.35. The van der Waals surface area contributed by atoms with Gasteiger partial charge in [-0.2, -0.15) is 8.78 Å². The first kappa shape index (κ1) is 15.2. The van der Waals surface area contributed by atoms with Gasteiger partial charge in [0.25, 0.3) is 0 Å². The molecule has 18 heavy (non-hydrogen) atoms. The zero-order chi connectivity index (χ0) is 13.6. The van der Waals surface area contributed by atoms with Crippen LogP contribution in [0.2, 0.25) is 0 Å². The van der Waals surface area contributed by atoms with Gasteiger partial charge in [-0.3, -0.25) is 0 Å². The fourth-order valence-corrected chi connectivity index (χ4v) is 2.44. The van der Waals surface area contributed by atoms with Crippen LogP contribution in [0.3, 0.4) is 0 Å². The molecule has 0 aromatic heterocycles. The van der Waals surface area contributed by atoms with Crippen molar-refractivity contribution in [1.29, 1.82) is 0 Å². The summed E-state index contributed by atoms with van der Waals surface area (Å²) in [5.41, 5.74) is -0.208. The van der Waals surface area contributed by atoms with Gasteiger partial charge < -0.3 is 0 Å². The van der Waals surface area contributed by atoms with E-state index in [4.69, 9.17) is 11.6 Å². The van der Waals surface area contributed by atoms with Crippen molar-refractivity contribution < 1.29 is 8.78 Å². The smallest absolute Gasteiger partial charge is 0.187 e. The zero-order valence-corrected chi connectivity index (χ0v) is 11.6. The predicted octanol–water partition coefficient (Wildman–Crippen LogP) is 5.42. The molecule has 1 atom stereocenters. The van der Waals surface area contributed by atoms with Crippen molar-refractivity contribution in [2.24, 2.45) is 5.41 Å². The minimum absolute atomic E-state index is 0.320. The number of alkyl halides is 3. The third kappa shape index (κ3) is 3.55. The van der Waals surface area contributed by atoms with Gasteiger partial charge in [-0.05, 0) is 43.4 Å². The van der Waals surface area contributed by atoms with Gasteiger partial charge >= 0.3 is 5.38 Å². The Morgan fingerprint density at radius 2 is 1.83 bits per heavy atom. The molecule has 0 aliphatic heterocycles. The zero-order valence-electron chi connectivity index (χ0n) is 10.8.